The minimum absolute atomic E-state index is 0.181. The molecule has 17 heavy (non-hydrogen) atoms. The standard InChI is InChI=1S/C14H29NO2/c1-5-6-7-8-9-10-11-14(15(3)4)12-17-13(2)16/h14H,5-12H2,1-4H3. The van der Waals surface area contributed by atoms with Crippen LogP contribution in [0.25, 0.3) is 0 Å². The number of esters is 1. The highest BCUT2D eigenvalue weighted by atomic mass is 16.5. The minimum Gasteiger partial charge on any atom is -0.464 e. The van der Waals surface area contributed by atoms with E-state index in [1.165, 1.54) is 45.4 Å². The summed E-state index contributed by atoms with van der Waals surface area (Å²) in [5, 5.41) is 0. The van der Waals surface area contributed by atoms with E-state index in [2.05, 4.69) is 11.8 Å². The normalized spacial score (nSPS) is 12.8. The average Bonchev–Trinajstić information content (AvgIpc) is 2.26. The van der Waals surface area contributed by atoms with Crippen LogP contribution in [0.2, 0.25) is 0 Å². The molecule has 1 atom stereocenters. The molecule has 0 aromatic heterocycles. The molecule has 0 spiro atoms. The summed E-state index contributed by atoms with van der Waals surface area (Å²) < 4.78 is 5.08. The number of nitrogens with zero attached hydrogens (tertiary/aromatic N) is 1. The average molecular weight is 243 g/mol. The predicted octanol–water partition coefficient (Wildman–Crippen LogP) is 3.23. The molecule has 102 valence electrons. The Labute approximate surface area is 107 Å². The van der Waals surface area contributed by atoms with Gasteiger partial charge in [-0.2, -0.15) is 0 Å². The summed E-state index contributed by atoms with van der Waals surface area (Å²) >= 11 is 0. The van der Waals surface area contributed by atoms with Crippen LogP contribution in [0.4, 0.5) is 0 Å². The number of hydrogen-bond donors (Lipinski definition) is 0. The summed E-state index contributed by atoms with van der Waals surface area (Å²) in [7, 11) is 4.09. The highest BCUT2D eigenvalue weighted by molar-refractivity contribution is 5.65. The Kier molecular flexibility index (Phi) is 10.2. The molecule has 0 aromatic carbocycles. The Morgan fingerprint density at radius 1 is 1.12 bits per heavy atom. The topological polar surface area (TPSA) is 29.5 Å². The molecular formula is C14H29NO2. The van der Waals surface area contributed by atoms with Gasteiger partial charge in [0.05, 0.1) is 0 Å². The molecule has 3 heteroatoms. The zero-order valence-electron chi connectivity index (χ0n) is 12.0. The van der Waals surface area contributed by atoms with E-state index in [1.54, 1.807) is 0 Å². The Balaban J connectivity index is 3.59. The van der Waals surface area contributed by atoms with E-state index in [4.69, 9.17) is 4.74 Å². The monoisotopic (exact) mass is 243 g/mol. The van der Waals surface area contributed by atoms with Gasteiger partial charge in [0, 0.05) is 13.0 Å². The lowest BCUT2D eigenvalue weighted by molar-refractivity contribution is -0.142. The summed E-state index contributed by atoms with van der Waals surface area (Å²) in [6.45, 7) is 4.23. The van der Waals surface area contributed by atoms with Gasteiger partial charge in [0.2, 0.25) is 0 Å². The number of unbranched alkanes of at least 4 members (excludes halogenated alkanes) is 5. The predicted molar refractivity (Wildman–Crippen MR) is 72.1 cm³/mol. The Bertz CT molecular complexity index is 193. The molecule has 0 aliphatic heterocycles. The molecule has 0 rings (SSSR count). The maximum atomic E-state index is 10.8. The van der Waals surface area contributed by atoms with Crippen molar-refractivity contribution < 1.29 is 9.53 Å². The van der Waals surface area contributed by atoms with Crippen LogP contribution in [0.15, 0.2) is 0 Å². The van der Waals surface area contributed by atoms with Gasteiger partial charge in [-0.25, -0.2) is 0 Å². The van der Waals surface area contributed by atoms with E-state index in [0.29, 0.717) is 12.6 Å². The maximum absolute atomic E-state index is 10.8. The molecule has 0 saturated heterocycles. The van der Waals surface area contributed by atoms with Crippen molar-refractivity contribution in [2.45, 2.75) is 64.8 Å². The van der Waals surface area contributed by atoms with Gasteiger partial charge in [-0.15, -0.1) is 0 Å². The Morgan fingerprint density at radius 3 is 2.24 bits per heavy atom. The van der Waals surface area contributed by atoms with Gasteiger partial charge in [0.15, 0.2) is 0 Å². The molecular weight excluding hydrogens is 214 g/mol. The van der Waals surface area contributed by atoms with Crippen LogP contribution >= 0.6 is 0 Å². The van der Waals surface area contributed by atoms with Crippen molar-refractivity contribution in [3.05, 3.63) is 0 Å². The highest BCUT2D eigenvalue weighted by Crippen LogP contribution is 2.11. The third-order valence-electron chi connectivity index (χ3n) is 3.10. The number of hydrogen-bond acceptors (Lipinski definition) is 3. The molecule has 0 aliphatic rings. The van der Waals surface area contributed by atoms with E-state index in [-0.39, 0.29) is 5.97 Å². The van der Waals surface area contributed by atoms with Gasteiger partial charge in [0.25, 0.3) is 0 Å². The van der Waals surface area contributed by atoms with E-state index in [9.17, 15) is 4.79 Å². The van der Waals surface area contributed by atoms with Gasteiger partial charge < -0.3 is 9.64 Å². The van der Waals surface area contributed by atoms with Crippen LogP contribution in [-0.2, 0) is 9.53 Å². The molecule has 0 heterocycles. The lowest BCUT2D eigenvalue weighted by Crippen LogP contribution is -2.33. The molecule has 0 amide bonds. The molecule has 0 N–H and O–H groups in total. The summed E-state index contributed by atoms with van der Waals surface area (Å²) in [4.78, 5) is 12.9. The summed E-state index contributed by atoms with van der Waals surface area (Å²) in [6, 6.07) is 0.366. The van der Waals surface area contributed by atoms with Crippen molar-refractivity contribution in [1.29, 1.82) is 0 Å². The van der Waals surface area contributed by atoms with Crippen molar-refractivity contribution in [3.8, 4) is 0 Å². The molecule has 0 fully saturated rings. The molecule has 0 aromatic rings. The van der Waals surface area contributed by atoms with Crippen LogP contribution in [0.5, 0.6) is 0 Å². The SMILES string of the molecule is CCCCCCCCC(COC(C)=O)N(C)C. The summed E-state index contributed by atoms with van der Waals surface area (Å²) in [5.41, 5.74) is 0. The largest absolute Gasteiger partial charge is 0.464 e. The number of rotatable bonds is 10. The first-order chi connectivity index (χ1) is 8.07. The lowest BCUT2D eigenvalue weighted by atomic mass is 10.1. The van der Waals surface area contributed by atoms with Crippen LogP contribution in [-0.4, -0.2) is 37.6 Å². The fourth-order valence-corrected chi connectivity index (χ4v) is 1.86. The molecule has 0 bridgehead atoms. The maximum Gasteiger partial charge on any atom is 0.302 e. The fourth-order valence-electron chi connectivity index (χ4n) is 1.86. The second kappa shape index (κ2) is 10.6. The summed E-state index contributed by atoms with van der Waals surface area (Å²) in [6.07, 6.45) is 8.98. The summed E-state index contributed by atoms with van der Waals surface area (Å²) in [5.74, 6) is -0.181. The van der Waals surface area contributed by atoms with E-state index < -0.39 is 0 Å². The highest BCUT2D eigenvalue weighted by Gasteiger charge is 2.12. The van der Waals surface area contributed by atoms with Gasteiger partial charge >= 0.3 is 5.97 Å². The van der Waals surface area contributed by atoms with Crippen LogP contribution in [0.3, 0.4) is 0 Å². The van der Waals surface area contributed by atoms with Gasteiger partial charge in [0.1, 0.15) is 6.61 Å². The number of ether oxygens (including phenoxy) is 1. The molecule has 0 saturated carbocycles. The van der Waals surface area contributed by atoms with Crippen LogP contribution in [0.1, 0.15) is 58.8 Å². The third kappa shape index (κ3) is 10.3. The minimum atomic E-state index is -0.181. The van der Waals surface area contributed by atoms with Gasteiger partial charge in [-0.1, -0.05) is 45.4 Å². The fraction of sp³-hybridized carbons (Fsp3) is 0.929. The zero-order valence-corrected chi connectivity index (χ0v) is 12.0. The van der Waals surface area contributed by atoms with Crippen molar-refractivity contribution in [2.24, 2.45) is 0 Å². The van der Waals surface area contributed by atoms with E-state index >= 15 is 0 Å². The zero-order chi connectivity index (χ0) is 13.1. The number of carbonyl (C=O) groups excluding carboxylic acids is 1. The van der Waals surface area contributed by atoms with Crippen LogP contribution < -0.4 is 0 Å². The Morgan fingerprint density at radius 2 is 1.71 bits per heavy atom. The Hall–Kier alpha value is -0.570. The second-order valence-electron chi connectivity index (χ2n) is 4.98. The lowest BCUT2D eigenvalue weighted by Gasteiger charge is -2.23. The second-order valence-corrected chi connectivity index (χ2v) is 4.98. The molecule has 3 nitrogen and oxygen atoms in total. The van der Waals surface area contributed by atoms with Crippen molar-refractivity contribution in [3.63, 3.8) is 0 Å². The van der Waals surface area contributed by atoms with Gasteiger partial charge in [-0.05, 0) is 20.5 Å². The van der Waals surface area contributed by atoms with Gasteiger partial charge in [-0.3, -0.25) is 4.79 Å². The molecule has 1 unspecified atom stereocenters. The first-order valence-electron chi connectivity index (χ1n) is 6.87. The first-order valence-corrected chi connectivity index (χ1v) is 6.87. The number of carbonyl (C=O) groups is 1. The molecule has 0 aliphatic carbocycles. The van der Waals surface area contributed by atoms with E-state index in [1.807, 2.05) is 14.1 Å². The number of likely N-dealkylation sites (N-methyl/N-ethyl adjacent to an activating group) is 1. The van der Waals surface area contributed by atoms with E-state index in [0.717, 1.165) is 6.42 Å². The van der Waals surface area contributed by atoms with Crippen molar-refractivity contribution in [2.75, 3.05) is 20.7 Å². The molecule has 0 radical (unpaired) electrons. The van der Waals surface area contributed by atoms with Crippen molar-refractivity contribution >= 4 is 5.97 Å². The third-order valence-corrected chi connectivity index (χ3v) is 3.10. The smallest absolute Gasteiger partial charge is 0.302 e. The first kappa shape index (κ1) is 16.4. The quantitative estimate of drug-likeness (QED) is 0.436. The van der Waals surface area contributed by atoms with Crippen molar-refractivity contribution in [1.82, 2.24) is 4.90 Å². The van der Waals surface area contributed by atoms with Crippen LogP contribution in [0, 0.1) is 0 Å².